The van der Waals surface area contributed by atoms with Crippen molar-refractivity contribution < 1.29 is 23.9 Å². The Kier molecular flexibility index (Phi) is 6.21. The number of rotatable bonds is 8. The van der Waals surface area contributed by atoms with E-state index in [9.17, 15) is 14.4 Å². The lowest BCUT2D eigenvalue weighted by Gasteiger charge is -2.31. The Morgan fingerprint density at radius 1 is 0.964 bits per heavy atom. The fourth-order valence-electron chi connectivity index (χ4n) is 3.77. The zero-order chi connectivity index (χ0) is 20.1. The lowest BCUT2D eigenvalue weighted by molar-refractivity contribution is -0.159. The number of carbonyl (C=O) groups excluding carboxylic acids is 3. The second kappa shape index (κ2) is 8.63. The number of nitrogens with zero attached hydrogens (tertiary/aromatic N) is 2. The molecule has 0 atom stereocenters. The van der Waals surface area contributed by atoms with E-state index in [1.807, 2.05) is 24.3 Å². The molecule has 1 saturated heterocycles. The highest BCUT2D eigenvalue weighted by Gasteiger charge is 2.54. The Hall–Kier alpha value is -2.57. The smallest absolute Gasteiger partial charge is 0.305 e. The molecule has 1 aliphatic carbocycles. The average Bonchev–Trinajstić information content (AvgIpc) is 3.39. The molecule has 2 fully saturated rings. The van der Waals surface area contributed by atoms with Gasteiger partial charge in [-0.2, -0.15) is 0 Å². The Labute approximate surface area is 165 Å². The maximum absolute atomic E-state index is 13.3. The van der Waals surface area contributed by atoms with E-state index >= 15 is 0 Å². The fourth-order valence-corrected chi connectivity index (χ4v) is 3.77. The van der Waals surface area contributed by atoms with Crippen LogP contribution in [0.4, 0.5) is 0 Å². The summed E-state index contributed by atoms with van der Waals surface area (Å²) in [6.07, 6.45) is 4.25. The summed E-state index contributed by atoms with van der Waals surface area (Å²) in [6, 6.07) is 7.63. The van der Waals surface area contributed by atoms with E-state index in [0.29, 0.717) is 38.8 Å². The number of benzene rings is 1. The number of methoxy groups -OCH3 is 2. The zero-order valence-corrected chi connectivity index (χ0v) is 16.6. The Morgan fingerprint density at radius 2 is 1.61 bits per heavy atom. The molecule has 2 amide bonds. The molecule has 1 aromatic carbocycles. The van der Waals surface area contributed by atoms with E-state index in [1.165, 1.54) is 7.11 Å². The van der Waals surface area contributed by atoms with Crippen LogP contribution in [0.1, 0.15) is 50.5 Å². The van der Waals surface area contributed by atoms with Crippen LogP contribution in [0.2, 0.25) is 0 Å². The highest BCUT2D eigenvalue weighted by Crippen LogP contribution is 2.50. The van der Waals surface area contributed by atoms with Crippen molar-refractivity contribution in [3.63, 3.8) is 0 Å². The van der Waals surface area contributed by atoms with Crippen LogP contribution in [-0.2, 0) is 24.5 Å². The molecule has 7 heteroatoms. The van der Waals surface area contributed by atoms with Crippen LogP contribution in [0.5, 0.6) is 5.75 Å². The van der Waals surface area contributed by atoms with Gasteiger partial charge in [0.25, 0.3) is 5.91 Å². The van der Waals surface area contributed by atoms with Gasteiger partial charge in [0, 0.05) is 25.9 Å². The molecule has 0 radical (unpaired) electrons. The number of unbranched alkanes of at least 4 members (excludes halogenated alkanes) is 1. The number of hydrazine groups is 1. The molecular formula is C21H28N2O5. The van der Waals surface area contributed by atoms with E-state index in [4.69, 9.17) is 4.74 Å². The lowest BCUT2D eigenvalue weighted by Crippen LogP contribution is -2.48. The first kappa shape index (κ1) is 20.2. The minimum absolute atomic E-state index is 0.0121. The highest BCUT2D eigenvalue weighted by atomic mass is 16.5. The molecule has 28 heavy (non-hydrogen) atoms. The molecule has 0 N–H and O–H groups in total. The monoisotopic (exact) mass is 388 g/mol. The molecule has 1 saturated carbocycles. The predicted octanol–water partition coefficient (Wildman–Crippen LogP) is 2.44. The van der Waals surface area contributed by atoms with Gasteiger partial charge in [0.2, 0.25) is 5.91 Å². The molecule has 152 valence electrons. The standard InChI is InChI=1S/C21H28N2O5/c1-27-17-10-8-16(9-11-17)21(12-13-21)20(26)23-15-5-14-22(23)18(24)6-3-4-7-19(25)28-2/h8-11H,3-7,12-15H2,1-2H3. The number of carbonyl (C=O) groups is 3. The van der Waals surface area contributed by atoms with Crippen molar-refractivity contribution in [3.05, 3.63) is 29.8 Å². The van der Waals surface area contributed by atoms with Gasteiger partial charge in [-0.3, -0.25) is 24.4 Å². The SMILES string of the molecule is COC(=O)CCCCC(=O)N1CCCN1C(=O)C1(c2ccc(OC)cc2)CC1. The van der Waals surface area contributed by atoms with Crippen LogP contribution in [0.25, 0.3) is 0 Å². The summed E-state index contributed by atoms with van der Waals surface area (Å²) >= 11 is 0. The molecule has 1 aliphatic heterocycles. The van der Waals surface area contributed by atoms with E-state index in [2.05, 4.69) is 4.74 Å². The molecule has 1 heterocycles. The third kappa shape index (κ3) is 4.13. The summed E-state index contributed by atoms with van der Waals surface area (Å²) in [6.45, 7) is 1.14. The molecule has 0 unspecified atom stereocenters. The quantitative estimate of drug-likeness (QED) is 0.505. The first-order chi connectivity index (χ1) is 13.5. The van der Waals surface area contributed by atoms with Gasteiger partial charge in [0.15, 0.2) is 0 Å². The van der Waals surface area contributed by atoms with E-state index in [-0.39, 0.29) is 17.8 Å². The third-order valence-electron chi connectivity index (χ3n) is 5.60. The molecule has 0 aromatic heterocycles. The Balaban J connectivity index is 1.61. The maximum Gasteiger partial charge on any atom is 0.305 e. The van der Waals surface area contributed by atoms with Crippen LogP contribution in [0.3, 0.4) is 0 Å². The number of hydrogen-bond acceptors (Lipinski definition) is 5. The zero-order valence-electron chi connectivity index (χ0n) is 16.6. The highest BCUT2D eigenvalue weighted by molar-refractivity contribution is 5.93. The predicted molar refractivity (Wildman–Crippen MR) is 102 cm³/mol. The van der Waals surface area contributed by atoms with Gasteiger partial charge >= 0.3 is 5.97 Å². The van der Waals surface area contributed by atoms with Crippen LogP contribution >= 0.6 is 0 Å². The summed E-state index contributed by atoms with van der Waals surface area (Å²) < 4.78 is 9.81. The summed E-state index contributed by atoms with van der Waals surface area (Å²) in [5.74, 6) is 0.455. The summed E-state index contributed by atoms with van der Waals surface area (Å²) in [4.78, 5) is 37.1. The van der Waals surface area contributed by atoms with Crippen molar-refractivity contribution in [1.82, 2.24) is 10.0 Å². The van der Waals surface area contributed by atoms with Gasteiger partial charge in [-0.15, -0.1) is 0 Å². The summed E-state index contributed by atoms with van der Waals surface area (Å²) in [7, 11) is 2.98. The topological polar surface area (TPSA) is 76.2 Å². The van der Waals surface area contributed by atoms with E-state index in [1.54, 1.807) is 17.1 Å². The molecule has 0 bridgehead atoms. The van der Waals surface area contributed by atoms with Crippen LogP contribution in [-0.4, -0.2) is 55.1 Å². The van der Waals surface area contributed by atoms with Crippen molar-refractivity contribution in [2.45, 2.75) is 50.4 Å². The molecule has 3 rings (SSSR count). The van der Waals surface area contributed by atoms with Gasteiger partial charge in [-0.1, -0.05) is 12.1 Å². The van der Waals surface area contributed by atoms with Gasteiger partial charge in [0.05, 0.1) is 19.6 Å². The summed E-state index contributed by atoms with van der Waals surface area (Å²) in [5.41, 5.74) is 0.468. The van der Waals surface area contributed by atoms with Crippen molar-refractivity contribution in [1.29, 1.82) is 0 Å². The van der Waals surface area contributed by atoms with Crippen LogP contribution in [0.15, 0.2) is 24.3 Å². The van der Waals surface area contributed by atoms with Crippen molar-refractivity contribution in [2.75, 3.05) is 27.3 Å². The maximum atomic E-state index is 13.3. The van der Waals surface area contributed by atoms with E-state index < -0.39 is 5.41 Å². The molecule has 7 nitrogen and oxygen atoms in total. The van der Waals surface area contributed by atoms with Crippen molar-refractivity contribution >= 4 is 17.8 Å². The number of esters is 1. The molecule has 2 aliphatic rings. The minimum Gasteiger partial charge on any atom is -0.497 e. The molecular weight excluding hydrogens is 360 g/mol. The Morgan fingerprint density at radius 3 is 2.21 bits per heavy atom. The van der Waals surface area contributed by atoms with Gasteiger partial charge in [0.1, 0.15) is 5.75 Å². The number of amides is 2. The number of hydrogen-bond donors (Lipinski definition) is 0. The van der Waals surface area contributed by atoms with Gasteiger partial charge < -0.3 is 9.47 Å². The molecule has 0 spiro atoms. The largest absolute Gasteiger partial charge is 0.497 e. The Bertz CT molecular complexity index is 727. The van der Waals surface area contributed by atoms with Gasteiger partial charge in [-0.25, -0.2) is 0 Å². The summed E-state index contributed by atoms with van der Waals surface area (Å²) in [5, 5.41) is 3.24. The van der Waals surface area contributed by atoms with Crippen LogP contribution < -0.4 is 4.74 Å². The normalized spacial score (nSPS) is 17.4. The average molecular weight is 388 g/mol. The van der Waals surface area contributed by atoms with Gasteiger partial charge in [-0.05, 0) is 49.8 Å². The fraction of sp³-hybridized carbons (Fsp3) is 0.571. The van der Waals surface area contributed by atoms with Crippen molar-refractivity contribution in [3.8, 4) is 5.75 Å². The third-order valence-corrected chi connectivity index (χ3v) is 5.60. The first-order valence-electron chi connectivity index (χ1n) is 9.85. The number of ether oxygens (including phenoxy) is 2. The second-order valence-corrected chi connectivity index (χ2v) is 7.39. The molecule has 1 aromatic rings. The van der Waals surface area contributed by atoms with E-state index in [0.717, 1.165) is 30.6 Å². The second-order valence-electron chi connectivity index (χ2n) is 7.39. The van der Waals surface area contributed by atoms with Crippen LogP contribution in [0, 0.1) is 0 Å². The minimum atomic E-state index is -0.514. The lowest BCUT2D eigenvalue weighted by atomic mass is 9.94. The van der Waals surface area contributed by atoms with Crippen molar-refractivity contribution in [2.24, 2.45) is 0 Å². The first-order valence-corrected chi connectivity index (χ1v) is 9.85.